The van der Waals surface area contributed by atoms with Crippen molar-refractivity contribution in [2.45, 2.75) is 12.8 Å². The molecular formula is C17H16N2O2S. The number of aryl methyl sites for hydroxylation is 1. The maximum absolute atomic E-state index is 12.0. The van der Waals surface area contributed by atoms with Crippen LogP contribution in [0.25, 0.3) is 10.2 Å². The van der Waals surface area contributed by atoms with Gasteiger partial charge in [0.1, 0.15) is 5.75 Å². The molecule has 0 fully saturated rings. The summed E-state index contributed by atoms with van der Waals surface area (Å²) in [5.74, 6) is 0.771. The fraction of sp³-hybridized carbons (Fsp3) is 0.176. The number of benzene rings is 2. The van der Waals surface area contributed by atoms with E-state index < -0.39 is 0 Å². The van der Waals surface area contributed by atoms with Gasteiger partial charge in [-0.1, -0.05) is 41.7 Å². The first-order chi connectivity index (χ1) is 10.7. The molecule has 3 rings (SSSR count). The van der Waals surface area contributed by atoms with Crippen molar-refractivity contribution in [3.8, 4) is 5.75 Å². The van der Waals surface area contributed by atoms with Crippen molar-refractivity contribution in [3.63, 3.8) is 0 Å². The summed E-state index contributed by atoms with van der Waals surface area (Å²) in [7, 11) is 1.63. The van der Waals surface area contributed by atoms with Crippen molar-refractivity contribution < 1.29 is 9.53 Å². The summed E-state index contributed by atoms with van der Waals surface area (Å²) in [6, 6.07) is 15.7. The second-order valence-corrected chi connectivity index (χ2v) is 5.92. The van der Waals surface area contributed by atoms with Crippen LogP contribution in [0.2, 0.25) is 0 Å². The Kier molecular flexibility index (Phi) is 4.34. The largest absolute Gasteiger partial charge is 0.497 e. The summed E-state index contributed by atoms with van der Waals surface area (Å²) in [6.07, 6.45) is 1.18. The molecule has 0 aliphatic heterocycles. The van der Waals surface area contributed by atoms with E-state index in [1.165, 1.54) is 11.3 Å². The first-order valence-electron chi connectivity index (χ1n) is 7.03. The van der Waals surface area contributed by atoms with Crippen molar-refractivity contribution in [1.82, 2.24) is 4.98 Å². The molecule has 0 aliphatic rings. The number of ether oxygens (including phenoxy) is 1. The Labute approximate surface area is 132 Å². The van der Waals surface area contributed by atoms with Crippen LogP contribution < -0.4 is 10.1 Å². The molecule has 0 bridgehead atoms. The number of anilines is 1. The normalized spacial score (nSPS) is 10.6. The average molecular weight is 312 g/mol. The fourth-order valence-corrected chi connectivity index (χ4v) is 3.08. The van der Waals surface area contributed by atoms with E-state index in [9.17, 15) is 4.79 Å². The molecule has 112 valence electrons. The molecule has 5 heteroatoms. The number of hydrogen-bond acceptors (Lipinski definition) is 4. The van der Waals surface area contributed by atoms with Gasteiger partial charge in [-0.15, -0.1) is 0 Å². The van der Waals surface area contributed by atoms with E-state index in [1.807, 2.05) is 48.5 Å². The van der Waals surface area contributed by atoms with Crippen molar-refractivity contribution in [2.24, 2.45) is 0 Å². The third kappa shape index (κ3) is 3.43. The Morgan fingerprint density at radius 3 is 2.82 bits per heavy atom. The second kappa shape index (κ2) is 6.58. The highest BCUT2D eigenvalue weighted by Gasteiger charge is 2.08. The van der Waals surface area contributed by atoms with Gasteiger partial charge in [-0.2, -0.15) is 0 Å². The molecule has 0 spiro atoms. The number of fused-ring (bicyclic) bond motifs is 1. The van der Waals surface area contributed by atoms with Gasteiger partial charge in [0.05, 0.1) is 17.3 Å². The third-order valence-corrected chi connectivity index (χ3v) is 4.26. The standard InChI is InChI=1S/C17H16N2O2S/c1-21-13-8-9-14-15(11-13)22-17(18-14)19-16(20)10-7-12-5-3-2-4-6-12/h2-6,8-9,11H,7,10H2,1H3,(H,18,19,20). The topological polar surface area (TPSA) is 51.2 Å². The number of methoxy groups -OCH3 is 1. The van der Waals surface area contributed by atoms with Crippen molar-refractivity contribution in [3.05, 3.63) is 54.1 Å². The molecule has 4 nitrogen and oxygen atoms in total. The molecule has 1 aromatic heterocycles. The van der Waals surface area contributed by atoms with Crippen LogP contribution in [0, 0.1) is 0 Å². The van der Waals surface area contributed by atoms with Crippen LogP contribution in [-0.4, -0.2) is 18.0 Å². The zero-order valence-electron chi connectivity index (χ0n) is 12.2. The second-order valence-electron chi connectivity index (χ2n) is 4.89. The molecule has 0 unspecified atom stereocenters. The number of amides is 1. The zero-order valence-corrected chi connectivity index (χ0v) is 13.0. The number of thiazole rings is 1. The zero-order chi connectivity index (χ0) is 15.4. The van der Waals surface area contributed by atoms with Crippen LogP contribution in [0.5, 0.6) is 5.75 Å². The Morgan fingerprint density at radius 2 is 2.05 bits per heavy atom. The molecule has 1 heterocycles. The Balaban J connectivity index is 1.63. The number of aromatic nitrogens is 1. The number of nitrogens with zero attached hydrogens (tertiary/aromatic N) is 1. The number of rotatable bonds is 5. The van der Waals surface area contributed by atoms with Gasteiger partial charge < -0.3 is 10.1 Å². The molecule has 2 aromatic carbocycles. The van der Waals surface area contributed by atoms with Crippen molar-refractivity contribution in [1.29, 1.82) is 0 Å². The van der Waals surface area contributed by atoms with Crippen LogP contribution in [0.1, 0.15) is 12.0 Å². The summed E-state index contributed by atoms with van der Waals surface area (Å²) in [5, 5.41) is 3.49. The Hall–Kier alpha value is -2.40. The van der Waals surface area contributed by atoms with E-state index in [1.54, 1.807) is 7.11 Å². The third-order valence-electron chi connectivity index (χ3n) is 3.33. The highest BCUT2D eigenvalue weighted by Crippen LogP contribution is 2.29. The molecule has 0 aliphatic carbocycles. The molecular weight excluding hydrogens is 296 g/mol. The summed E-state index contributed by atoms with van der Waals surface area (Å²) in [6.45, 7) is 0. The molecule has 1 amide bonds. The van der Waals surface area contributed by atoms with Gasteiger partial charge in [-0.25, -0.2) is 4.98 Å². The summed E-state index contributed by atoms with van der Waals surface area (Å²) < 4.78 is 6.19. The summed E-state index contributed by atoms with van der Waals surface area (Å²) in [4.78, 5) is 16.4. The monoisotopic (exact) mass is 312 g/mol. The number of nitrogens with one attached hydrogen (secondary N) is 1. The van der Waals surface area contributed by atoms with Crippen molar-refractivity contribution in [2.75, 3.05) is 12.4 Å². The van der Waals surface area contributed by atoms with E-state index in [-0.39, 0.29) is 5.91 Å². The van der Waals surface area contributed by atoms with Gasteiger partial charge in [0.2, 0.25) is 5.91 Å². The van der Waals surface area contributed by atoms with Gasteiger partial charge in [0.15, 0.2) is 5.13 Å². The summed E-state index contributed by atoms with van der Waals surface area (Å²) >= 11 is 1.45. The van der Waals surface area contributed by atoms with Gasteiger partial charge in [-0.3, -0.25) is 4.79 Å². The maximum atomic E-state index is 12.0. The summed E-state index contributed by atoms with van der Waals surface area (Å²) in [5.41, 5.74) is 2.02. The minimum atomic E-state index is -0.0186. The number of hydrogen-bond donors (Lipinski definition) is 1. The van der Waals surface area contributed by atoms with Crippen LogP contribution in [-0.2, 0) is 11.2 Å². The van der Waals surface area contributed by atoms with Crippen molar-refractivity contribution >= 4 is 32.6 Å². The van der Waals surface area contributed by atoms with Crippen LogP contribution in [0.15, 0.2) is 48.5 Å². The minimum Gasteiger partial charge on any atom is -0.497 e. The average Bonchev–Trinajstić information content (AvgIpc) is 2.95. The number of carbonyl (C=O) groups excluding carboxylic acids is 1. The predicted molar refractivity (Wildman–Crippen MR) is 89.6 cm³/mol. The van der Waals surface area contributed by atoms with E-state index in [2.05, 4.69) is 10.3 Å². The van der Waals surface area contributed by atoms with Crippen LogP contribution in [0.4, 0.5) is 5.13 Å². The highest BCUT2D eigenvalue weighted by molar-refractivity contribution is 7.22. The first-order valence-corrected chi connectivity index (χ1v) is 7.84. The first kappa shape index (κ1) is 14.5. The van der Waals surface area contributed by atoms with E-state index in [0.717, 1.165) is 28.0 Å². The van der Waals surface area contributed by atoms with Gasteiger partial charge in [0, 0.05) is 6.42 Å². The quantitative estimate of drug-likeness (QED) is 0.778. The molecule has 0 atom stereocenters. The van der Waals surface area contributed by atoms with Crippen LogP contribution in [0.3, 0.4) is 0 Å². The van der Waals surface area contributed by atoms with E-state index >= 15 is 0 Å². The maximum Gasteiger partial charge on any atom is 0.226 e. The molecule has 1 N–H and O–H groups in total. The smallest absolute Gasteiger partial charge is 0.226 e. The molecule has 0 saturated heterocycles. The lowest BCUT2D eigenvalue weighted by Gasteiger charge is -2.01. The Bertz CT molecular complexity index is 784. The molecule has 0 saturated carbocycles. The van der Waals surface area contributed by atoms with E-state index in [0.29, 0.717) is 11.6 Å². The van der Waals surface area contributed by atoms with Gasteiger partial charge in [-0.05, 0) is 30.2 Å². The Morgan fingerprint density at radius 1 is 1.23 bits per heavy atom. The highest BCUT2D eigenvalue weighted by atomic mass is 32.1. The molecule has 3 aromatic rings. The lowest BCUT2D eigenvalue weighted by Crippen LogP contribution is -2.11. The molecule has 0 radical (unpaired) electrons. The van der Waals surface area contributed by atoms with Gasteiger partial charge in [0.25, 0.3) is 0 Å². The fourth-order valence-electron chi connectivity index (χ4n) is 2.17. The lowest BCUT2D eigenvalue weighted by molar-refractivity contribution is -0.116. The predicted octanol–water partition coefficient (Wildman–Crippen LogP) is 3.88. The van der Waals surface area contributed by atoms with Gasteiger partial charge >= 0.3 is 0 Å². The minimum absolute atomic E-state index is 0.0186. The lowest BCUT2D eigenvalue weighted by atomic mass is 10.1. The SMILES string of the molecule is COc1ccc2nc(NC(=O)CCc3ccccc3)sc2c1. The number of carbonyl (C=O) groups is 1. The van der Waals surface area contributed by atoms with E-state index in [4.69, 9.17) is 4.74 Å². The van der Waals surface area contributed by atoms with Crippen LogP contribution >= 0.6 is 11.3 Å². The molecule has 22 heavy (non-hydrogen) atoms.